The Labute approximate surface area is 86.4 Å². The fourth-order valence-electron chi connectivity index (χ4n) is 1.29. The van der Waals surface area contributed by atoms with E-state index in [-0.39, 0.29) is 0 Å². The van der Waals surface area contributed by atoms with E-state index in [1.54, 1.807) is 11.3 Å². The van der Waals surface area contributed by atoms with E-state index < -0.39 is 0 Å². The summed E-state index contributed by atoms with van der Waals surface area (Å²) in [7, 11) is 0. The van der Waals surface area contributed by atoms with Crippen LogP contribution in [0.15, 0.2) is 16.8 Å². The Bertz CT molecular complexity index is 404. The summed E-state index contributed by atoms with van der Waals surface area (Å²) >= 11 is 1.69. The molecule has 0 fully saturated rings. The third-order valence-electron chi connectivity index (χ3n) is 2.18. The van der Waals surface area contributed by atoms with E-state index in [4.69, 9.17) is 5.73 Å². The lowest BCUT2D eigenvalue weighted by Crippen LogP contribution is -2.04. The van der Waals surface area contributed by atoms with Crippen molar-refractivity contribution in [3.8, 4) is 0 Å². The van der Waals surface area contributed by atoms with Crippen LogP contribution in [0.3, 0.4) is 0 Å². The van der Waals surface area contributed by atoms with Crippen LogP contribution in [0, 0.1) is 6.92 Å². The monoisotopic (exact) mass is 208 g/mol. The minimum absolute atomic E-state index is 0.454. The van der Waals surface area contributed by atoms with Crippen LogP contribution in [0.1, 0.15) is 17.0 Å². The summed E-state index contributed by atoms with van der Waals surface area (Å²) in [6.45, 7) is 3.23. The molecule has 0 amide bonds. The van der Waals surface area contributed by atoms with E-state index in [1.165, 1.54) is 5.56 Å². The molecule has 0 aliphatic heterocycles. The van der Waals surface area contributed by atoms with Crippen molar-refractivity contribution >= 4 is 11.3 Å². The first-order valence-electron chi connectivity index (χ1n) is 4.41. The van der Waals surface area contributed by atoms with Crippen LogP contribution in [0.25, 0.3) is 0 Å². The van der Waals surface area contributed by atoms with Crippen LogP contribution in [0.5, 0.6) is 0 Å². The van der Waals surface area contributed by atoms with E-state index in [2.05, 4.69) is 27.1 Å². The van der Waals surface area contributed by atoms with Gasteiger partial charge in [0.2, 0.25) is 0 Å². The molecule has 74 valence electrons. The summed E-state index contributed by atoms with van der Waals surface area (Å²) in [5.74, 6) is 0. The molecule has 2 heterocycles. The highest BCUT2D eigenvalue weighted by Crippen LogP contribution is 2.10. The van der Waals surface area contributed by atoms with E-state index in [9.17, 15) is 0 Å². The van der Waals surface area contributed by atoms with Gasteiger partial charge in [0.25, 0.3) is 0 Å². The van der Waals surface area contributed by atoms with Crippen LogP contribution in [-0.4, -0.2) is 15.0 Å². The Morgan fingerprint density at radius 1 is 1.57 bits per heavy atom. The largest absolute Gasteiger partial charge is 0.325 e. The summed E-state index contributed by atoms with van der Waals surface area (Å²) in [4.78, 5) is 0. The van der Waals surface area contributed by atoms with Crippen molar-refractivity contribution < 1.29 is 0 Å². The normalized spacial score (nSPS) is 10.7. The van der Waals surface area contributed by atoms with Gasteiger partial charge < -0.3 is 5.73 Å². The van der Waals surface area contributed by atoms with Crippen molar-refractivity contribution in [1.29, 1.82) is 0 Å². The van der Waals surface area contributed by atoms with E-state index in [0.29, 0.717) is 6.54 Å². The zero-order valence-corrected chi connectivity index (χ0v) is 8.79. The fraction of sp³-hybridized carbons (Fsp3) is 0.333. The second-order valence-corrected chi connectivity index (χ2v) is 3.89. The average molecular weight is 208 g/mol. The Balaban J connectivity index is 2.21. The summed E-state index contributed by atoms with van der Waals surface area (Å²) in [6, 6.07) is 2.09. The van der Waals surface area contributed by atoms with Gasteiger partial charge in [-0.15, -0.1) is 5.10 Å². The number of nitrogens with zero attached hydrogens (tertiary/aromatic N) is 3. The third-order valence-corrected chi connectivity index (χ3v) is 2.92. The van der Waals surface area contributed by atoms with Crippen LogP contribution < -0.4 is 5.73 Å². The predicted molar refractivity (Wildman–Crippen MR) is 56.1 cm³/mol. The second-order valence-electron chi connectivity index (χ2n) is 3.11. The molecule has 0 aliphatic rings. The third kappa shape index (κ3) is 1.69. The zero-order chi connectivity index (χ0) is 9.97. The van der Waals surface area contributed by atoms with E-state index in [0.717, 1.165) is 17.9 Å². The number of aromatic nitrogens is 3. The molecule has 0 bridgehead atoms. The summed E-state index contributed by atoms with van der Waals surface area (Å²) in [6.07, 6.45) is 0. The van der Waals surface area contributed by atoms with Crippen molar-refractivity contribution in [2.45, 2.75) is 20.0 Å². The summed E-state index contributed by atoms with van der Waals surface area (Å²) in [5.41, 5.74) is 8.71. The molecule has 0 aromatic carbocycles. The molecule has 0 atom stereocenters. The summed E-state index contributed by atoms with van der Waals surface area (Å²) in [5, 5.41) is 12.2. The molecule has 2 aromatic rings. The quantitative estimate of drug-likeness (QED) is 0.823. The Morgan fingerprint density at radius 2 is 2.43 bits per heavy atom. The number of hydrogen-bond donors (Lipinski definition) is 1. The van der Waals surface area contributed by atoms with Gasteiger partial charge in [-0.25, -0.2) is 4.68 Å². The zero-order valence-electron chi connectivity index (χ0n) is 7.97. The number of nitrogens with two attached hydrogens (primary N) is 1. The van der Waals surface area contributed by atoms with Gasteiger partial charge in [-0.05, 0) is 29.3 Å². The molecule has 0 aliphatic carbocycles. The summed E-state index contributed by atoms with van der Waals surface area (Å²) < 4.78 is 1.88. The molecular formula is C9H12N4S. The van der Waals surface area contributed by atoms with Crippen LogP contribution in [-0.2, 0) is 13.1 Å². The van der Waals surface area contributed by atoms with Crippen LogP contribution >= 0.6 is 11.3 Å². The van der Waals surface area contributed by atoms with Crippen molar-refractivity contribution in [2.75, 3.05) is 0 Å². The molecule has 5 heteroatoms. The number of rotatable bonds is 3. The standard InChI is InChI=1S/C9H12N4S/c1-7-9(4-10)11-12-13(7)5-8-2-3-14-6-8/h2-3,6H,4-5,10H2,1H3. The molecule has 0 saturated heterocycles. The van der Waals surface area contributed by atoms with Crippen LogP contribution in [0.2, 0.25) is 0 Å². The molecule has 2 N–H and O–H groups in total. The lowest BCUT2D eigenvalue weighted by atomic mass is 10.3. The average Bonchev–Trinajstić information content (AvgIpc) is 2.79. The topological polar surface area (TPSA) is 56.7 Å². The molecule has 2 rings (SSSR count). The van der Waals surface area contributed by atoms with Crippen LogP contribution in [0.4, 0.5) is 0 Å². The number of hydrogen-bond acceptors (Lipinski definition) is 4. The molecule has 14 heavy (non-hydrogen) atoms. The Hall–Kier alpha value is -1.20. The Morgan fingerprint density at radius 3 is 3.00 bits per heavy atom. The van der Waals surface area contributed by atoms with Gasteiger partial charge >= 0.3 is 0 Å². The molecule has 4 nitrogen and oxygen atoms in total. The van der Waals surface area contributed by atoms with Crippen molar-refractivity contribution in [3.05, 3.63) is 33.8 Å². The van der Waals surface area contributed by atoms with E-state index >= 15 is 0 Å². The molecule has 2 aromatic heterocycles. The molecule has 0 spiro atoms. The minimum Gasteiger partial charge on any atom is -0.325 e. The first-order valence-corrected chi connectivity index (χ1v) is 5.35. The first-order chi connectivity index (χ1) is 6.81. The molecular weight excluding hydrogens is 196 g/mol. The van der Waals surface area contributed by atoms with Gasteiger partial charge in [0.1, 0.15) is 0 Å². The van der Waals surface area contributed by atoms with Gasteiger partial charge in [0, 0.05) is 6.54 Å². The highest BCUT2D eigenvalue weighted by atomic mass is 32.1. The molecule has 0 unspecified atom stereocenters. The van der Waals surface area contributed by atoms with Crippen molar-refractivity contribution in [1.82, 2.24) is 15.0 Å². The maximum Gasteiger partial charge on any atom is 0.0991 e. The minimum atomic E-state index is 0.454. The first kappa shape index (κ1) is 9.36. The van der Waals surface area contributed by atoms with Crippen molar-refractivity contribution in [2.24, 2.45) is 5.73 Å². The van der Waals surface area contributed by atoms with Gasteiger partial charge in [0.15, 0.2) is 0 Å². The lowest BCUT2D eigenvalue weighted by Gasteiger charge is -2.00. The fourth-order valence-corrected chi connectivity index (χ4v) is 1.95. The van der Waals surface area contributed by atoms with Crippen molar-refractivity contribution in [3.63, 3.8) is 0 Å². The van der Waals surface area contributed by atoms with Gasteiger partial charge in [-0.3, -0.25) is 0 Å². The van der Waals surface area contributed by atoms with Gasteiger partial charge in [-0.2, -0.15) is 11.3 Å². The SMILES string of the molecule is Cc1c(CN)nnn1Cc1ccsc1. The second kappa shape index (κ2) is 3.89. The van der Waals surface area contributed by atoms with Gasteiger partial charge in [-0.1, -0.05) is 5.21 Å². The molecule has 0 saturated carbocycles. The van der Waals surface area contributed by atoms with Gasteiger partial charge in [0.05, 0.1) is 17.9 Å². The maximum atomic E-state index is 5.52. The predicted octanol–water partition coefficient (Wildman–Crippen LogP) is 1.16. The maximum absolute atomic E-state index is 5.52. The van der Waals surface area contributed by atoms with E-state index in [1.807, 2.05) is 11.6 Å². The highest BCUT2D eigenvalue weighted by molar-refractivity contribution is 7.07. The molecule has 0 radical (unpaired) electrons. The number of thiophene rings is 1. The smallest absolute Gasteiger partial charge is 0.0991 e. The highest BCUT2D eigenvalue weighted by Gasteiger charge is 2.06. The lowest BCUT2D eigenvalue weighted by molar-refractivity contribution is 0.634. The Kier molecular flexibility index (Phi) is 2.60.